The minimum Gasteiger partial charge on any atom is -0.381 e. The van der Waals surface area contributed by atoms with Gasteiger partial charge in [-0.3, -0.25) is 0 Å². The van der Waals surface area contributed by atoms with Crippen LogP contribution in [0, 0.1) is 0 Å². The zero-order valence-corrected chi connectivity index (χ0v) is 14.2. The van der Waals surface area contributed by atoms with Crippen LogP contribution in [0.1, 0.15) is 50.0 Å². The summed E-state index contributed by atoms with van der Waals surface area (Å²) in [6, 6.07) is 0. The van der Waals surface area contributed by atoms with Crippen molar-refractivity contribution in [3.8, 4) is 0 Å². The van der Waals surface area contributed by atoms with E-state index in [9.17, 15) is 0 Å². The molecular formula is C15H22BrN3O2. The van der Waals surface area contributed by atoms with Gasteiger partial charge < -0.3 is 14.8 Å². The predicted molar refractivity (Wildman–Crippen MR) is 84.6 cm³/mol. The Labute approximate surface area is 134 Å². The molecule has 2 heterocycles. The standard InChI is InChI=1S/C15H22BrN3O2/c1-3-17-13-11(16)12(10-4-5-10)18-14(19-13)15(20-2)6-8-21-9-7-15/h10H,3-9H2,1-2H3,(H,17,18,19). The summed E-state index contributed by atoms with van der Waals surface area (Å²) in [6.45, 7) is 4.30. The molecule has 1 saturated carbocycles. The SMILES string of the molecule is CCNc1nc(C2(OC)CCOCC2)nc(C2CC2)c1Br. The first kappa shape index (κ1) is 15.2. The highest BCUT2D eigenvalue weighted by atomic mass is 79.9. The number of aromatic nitrogens is 2. The summed E-state index contributed by atoms with van der Waals surface area (Å²) in [5, 5.41) is 3.33. The van der Waals surface area contributed by atoms with Crippen molar-refractivity contribution in [3.63, 3.8) is 0 Å². The molecule has 0 aromatic carbocycles. The number of rotatable bonds is 5. The smallest absolute Gasteiger partial charge is 0.163 e. The number of hydrogen-bond donors (Lipinski definition) is 1. The minimum absolute atomic E-state index is 0.410. The topological polar surface area (TPSA) is 56.3 Å². The first-order chi connectivity index (χ1) is 10.2. The van der Waals surface area contributed by atoms with Crippen LogP contribution >= 0.6 is 15.9 Å². The van der Waals surface area contributed by atoms with E-state index in [1.165, 1.54) is 12.8 Å². The molecule has 1 aromatic rings. The van der Waals surface area contributed by atoms with E-state index < -0.39 is 5.60 Å². The largest absolute Gasteiger partial charge is 0.381 e. The zero-order chi connectivity index (χ0) is 14.9. The number of methoxy groups -OCH3 is 1. The van der Waals surface area contributed by atoms with Crippen LogP contribution in [0.25, 0.3) is 0 Å². The van der Waals surface area contributed by atoms with Gasteiger partial charge in [0.2, 0.25) is 0 Å². The maximum atomic E-state index is 5.84. The third-order valence-electron chi connectivity index (χ3n) is 4.28. The Morgan fingerprint density at radius 2 is 2.05 bits per heavy atom. The van der Waals surface area contributed by atoms with Crippen molar-refractivity contribution in [1.82, 2.24) is 9.97 Å². The molecule has 0 spiro atoms. The summed E-state index contributed by atoms with van der Waals surface area (Å²) < 4.78 is 12.3. The Bertz CT molecular complexity index is 514. The fourth-order valence-electron chi connectivity index (χ4n) is 2.80. The maximum absolute atomic E-state index is 5.84. The monoisotopic (exact) mass is 355 g/mol. The van der Waals surface area contributed by atoms with Crippen molar-refractivity contribution >= 4 is 21.7 Å². The maximum Gasteiger partial charge on any atom is 0.163 e. The molecule has 2 aliphatic rings. The summed E-state index contributed by atoms with van der Waals surface area (Å²) in [4.78, 5) is 9.62. The second-order valence-electron chi connectivity index (χ2n) is 5.71. The molecule has 0 bridgehead atoms. The quantitative estimate of drug-likeness (QED) is 0.878. The van der Waals surface area contributed by atoms with Gasteiger partial charge in [0.25, 0.3) is 0 Å². The van der Waals surface area contributed by atoms with E-state index >= 15 is 0 Å². The van der Waals surface area contributed by atoms with Crippen LogP contribution in [0.3, 0.4) is 0 Å². The molecular weight excluding hydrogens is 334 g/mol. The molecule has 2 fully saturated rings. The average Bonchev–Trinajstić information content (AvgIpc) is 3.35. The number of anilines is 1. The number of halogens is 1. The van der Waals surface area contributed by atoms with Crippen molar-refractivity contribution in [2.45, 2.75) is 44.1 Å². The van der Waals surface area contributed by atoms with E-state index in [1.54, 1.807) is 7.11 Å². The Balaban J connectivity index is 2.03. The third kappa shape index (κ3) is 2.94. The van der Waals surface area contributed by atoms with Crippen molar-refractivity contribution in [2.24, 2.45) is 0 Å². The molecule has 6 heteroatoms. The van der Waals surface area contributed by atoms with Gasteiger partial charge in [0.15, 0.2) is 5.82 Å². The van der Waals surface area contributed by atoms with Gasteiger partial charge in [0, 0.05) is 45.6 Å². The molecule has 0 amide bonds. The van der Waals surface area contributed by atoms with Crippen molar-refractivity contribution in [3.05, 3.63) is 16.0 Å². The van der Waals surface area contributed by atoms with Gasteiger partial charge in [-0.2, -0.15) is 0 Å². The number of hydrogen-bond acceptors (Lipinski definition) is 5. The summed E-state index contributed by atoms with van der Waals surface area (Å²) in [7, 11) is 1.75. The first-order valence-electron chi connectivity index (χ1n) is 7.65. The molecule has 116 valence electrons. The fraction of sp³-hybridized carbons (Fsp3) is 0.733. The molecule has 5 nitrogen and oxygen atoms in total. The molecule has 1 N–H and O–H groups in total. The van der Waals surface area contributed by atoms with E-state index in [-0.39, 0.29) is 0 Å². The lowest BCUT2D eigenvalue weighted by Crippen LogP contribution is -2.37. The average molecular weight is 356 g/mol. The van der Waals surface area contributed by atoms with Crippen LogP contribution in [-0.4, -0.2) is 36.8 Å². The van der Waals surface area contributed by atoms with Crippen LogP contribution in [0.2, 0.25) is 0 Å². The van der Waals surface area contributed by atoms with Crippen LogP contribution < -0.4 is 5.32 Å². The summed E-state index contributed by atoms with van der Waals surface area (Å²) in [5.74, 6) is 2.24. The van der Waals surface area contributed by atoms with Gasteiger partial charge >= 0.3 is 0 Å². The first-order valence-corrected chi connectivity index (χ1v) is 8.44. The Morgan fingerprint density at radius 3 is 2.62 bits per heavy atom. The molecule has 3 rings (SSSR count). The van der Waals surface area contributed by atoms with Crippen LogP contribution in [-0.2, 0) is 15.1 Å². The number of nitrogens with zero attached hydrogens (tertiary/aromatic N) is 2. The highest BCUT2D eigenvalue weighted by Gasteiger charge is 2.39. The van der Waals surface area contributed by atoms with Crippen LogP contribution in [0.5, 0.6) is 0 Å². The van der Waals surface area contributed by atoms with Gasteiger partial charge in [-0.25, -0.2) is 9.97 Å². The normalized spacial score (nSPS) is 21.3. The number of nitrogens with one attached hydrogen (secondary N) is 1. The van der Waals surface area contributed by atoms with Gasteiger partial charge in [-0.15, -0.1) is 0 Å². The molecule has 1 aliphatic carbocycles. The lowest BCUT2D eigenvalue weighted by Gasteiger charge is -2.35. The van der Waals surface area contributed by atoms with E-state index in [1.807, 2.05) is 0 Å². The lowest BCUT2D eigenvalue weighted by molar-refractivity contribution is -0.1000. The Morgan fingerprint density at radius 1 is 1.33 bits per heavy atom. The molecule has 1 aliphatic heterocycles. The van der Waals surface area contributed by atoms with Gasteiger partial charge in [0.1, 0.15) is 11.4 Å². The highest BCUT2D eigenvalue weighted by Crippen LogP contribution is 2.45. The summed E-state index contributed by atoms with van der Waals surface area (Å²) in [5.41, 5.74) is 0.714. The number of ether oxygens (including phenoxy) is 2. The second-order valence-corrected chi connectivity index (χ2v) is 6.50. The van der Waals surface area contributed by atoms with E-state index in [0.717, 1.165) is 41.2 Å². The molecule has 1 saturated heterocycles. The van der Waals surface area contributed by atoms with Crippen molar-refractivity contribution in [2.75, 3.05) is 32.2 Å². The van der Waals surface area contributed by atoms with Crippen molar-refractivity contribution in [1.29, 1.82) is 0 Å². The lowest BCUT2D eigenvalue weighted by atomic mass is 9.92. The summed E-state index contributed by atoms with van der Waals surface area (Å²) >= 11 is 3.67. The van der Waals surface area contributed by atoms with Gasteiger partial charge in [-0.05, 0) is 35.7 Å². The van der Waals surface area contributed by atoms with Crippen LogP contribution in [0.15, 0.2) is 4.47 Å². The van der Waals surface area contributed by atoms with Gasteiger partial charge in [-0.1, -0.05) is 0 Å². The van der Waals surface area contributed by atoms with Crippen molar-refractivity contribution < 1.29 is 9.47 Å². The molecule has 0 unspecified atom stereocenters. The van der Waals surface area contributed by atoms with Crippen LogP contribution in [0.4, 0.5) is 5.82 Å². The second kappa shape index (κ2) is 6.18. The zero-order valence-electron chi connectivity index (χ0n) is 12.6. The third-order valence-corrected chi connectivity index (χ3v) is 5.07. The van der Waals surface area contributed by atoms with E-state index in [0.29, 0.717) is 19.1 Å². The highest BCUT2D eigenvalue weighted by molar-refractivity contribution is 9.10. The molecule has 0 atom stereocenters. The van der Waals surface area contributed by atoms with E-state index in [4.69, 9.17) is 19.4 Å². The predicted octanol–water partition coefficient (Wildman–Crippen LogP) is 3.20. The Kier molecular flexibility index (Phi) is 4.47. The molecule has 21 heavy (non-hydrogen) atoms. The van der Waals surface area contributed by atoms with Gasteiger partial charge in [0.05, 0.1) is 10.2 Å². The fourth-order valence-corrected chi connectivity index (χ4v) is 3.44. The summed E-state index contributed by atoms with van der Waals surface area (Å²) in [6.07, 6.45) is 4.04. The Hall–Kier alpha value is -0.720. The van der Waals surface area contributed by atoms with E-state index in [2.05, 4.69) is 28.2 Å². The minimum atomic E-state index is -0.410. The molecule has 0 radical (unpaired) electrons. The molecule has 1 aromatic heterocycles.